The second kappa shape index (κ2) is 14.2. The Bertz CT molecular complexity index is 1270. The van der Waals surface area contributed by atoms with E-state index in [0.717, 1.165) is 48.7 Å². The molecule has 1 heterocycles. The van der Waals surface area contributed by atoms with Gasteiger partial charge in [0.15, 0.2) is 11.5 Å². The zero-order valence-corrected chi connectivity index (χ0v) is 22.8. The number of carbonyl (C=O) groups is 1. The third-order valence-electron chi connectivity index (χ3n) is 6.69. The molecule has 0 saturated heterocycles. The van der Waals surface area contributed by atoms with E-state index in [9.17, 15) is 10.1 Å². The zero-order chi connectivity index (χ0) is 27.5. The van der Waals surface area contributed by atoms with Crippen LogP contribution in [0.3, 0.4) is 0 Å². The zero-order valence-electron chi connectivity index (χ0n) is 22.8. The van der Waals surface area contributed by atoms with E-state index >= 15 is 0 Å². The Kier molecular flexibility index (Phi) is 10.2. The van der Waals surface area contributed by atoms with Crippen molar-refractivity contribution in [2.75, 3.05) is 44.4 Å². The van der Waals surface area contributed by atoms with E-state index in [1.807, 2.05) is 55.5 Å². The van der Waals surface area contributed by atoms with E-state index in [1.54, 1.807) is 12.1 Å². The number of anilines is 1. The topological polar surface area (TPSA) is 83.8 Å². The van der Waals surface area contributed by atoms with Crippen molar-refractivity contribution in [3.8, 4) is 17.6 Å². The number of ether oxygens (including phenoxy) is 3. The Morgan fingerprint density at radius 3 is 2.54 bits per heavy atom. The Morgan fingerprint density at radius 1 is 1.05 bits per heavy atom. The van der Waals surface area contributed by atoms with Crippen molar-refractivity contribution in [2.45, 2.75) is 39.2 Å². The summed E-state index contributed by atoms with van der Waals surface area (Å²) in [4.78, 5) is 14.4. The molecule has 1 aliphatic rings. The van der Waals surface area contributed by atoms with Crippen LogP contribution < -0.4 is 19.7 Å². The largest absolute Gasteiger partial charge is 0.490 e. The third kappa shape index (κ3) is 7.75. The minimum Gasteiger partial charge on any atom is -0.490 e. The molecule has 0 unspecified atom stereocenters. The Hall–Kier alpha value is -4.02. The molecule has 7 heteroatoms. The van der Waals surface area contributed by atoms with Crippen LogP contribution in [-0.4, -0.2) is 51.5 Å². The number of esters is 1. The summed E-state index contributed by atoms with van der Waals surface area (Å²) in [6, 6.07) is 23.6. The first-order valence-electron chi connectivity index (χ1n) is 13.7. The summed E-state index contributed by atoms with van der Waals surface area (Å²) in [5, 5.41) is 13.4. The van der Waals surface area contributed by atoms with Gasteiger partial charge in [-0.3, -0.25) is 0 Å². The van der Waals surface area contributed by atoms with Gasteiger partial charge in [-0.25, -0.2) is 4.79 Å². The van der Waals surface area contributed by atoms with Gasteiger partial charge in [0.05, 0.1) is 30.0 Å². The van der Waals surface area contributed by atoms with Crippen LogP contribution in [0.1, 0.15) is 47.3 Å². The van der Waals surface area contributed by atoms with Gasteiger partial charge < -0.3 is 24.4 Å². The number of benzene rings is 3. The number of hydrogen-bond acceptors (Lipinski definition) is 7. The summed E-state index contributed by atoms with van der Waals surface area (Å²) in [5.41, 5.74) is 4.67. The monoisotopic (exact) mass is 527 g/mol. The van der Waals surface area contributed by atoms with Crippen molar-refractivity contribution in [1.29, 1.82) is 5.26 Å². The van der Waals surface area contributed by atoms with E-state index in [4.69, 9.17) is 14.2 Å². The van der Waals surface area contributed by atoms with Crippen LogP contribution in [-0.2, 0) is 17.6 Å². The van der Waals surface area contributed by atoms with E-state index in [2.05, 4.69) is 29.3 Å². The van der Waals surface area contributed by atoms with E-state index in [-0.39, 0.29) is 12.0 Å². The Labute approximate surface area is 231 Å². The average molecular weight is 528 g/mol. The molecule has 0 amide bonds. The second-order valence-electron chi connectivity index (χ2n) is 9.64. The molecule has 4 rings (SSSR count). The Morgan fingerprint density at radius 2 is 1.79 bits per heavy atom. The molecule has 0 radical (unpaired) electrons. The highest BCUT2D eigenvalue weighted by molar-refractivity contribution is 5.89. The van der Waals surface area contributed by atoms with Gasteiger partial charge in [0.1, 0.15) is 12.7 Å². The fourth-order valence-electron chi connectivity index (χ4n) is 4.93. The van der Waals surface area contributed by atoms with Crippen molar-refractivity contribution >= 4 is 11.7 Å². The summed E-state index contributed by atoms with van der Waals surface area (Å²) in [6.45, 7) is 7.92. The fourth-order valence-corrected chi connectivity index (χ4v) is 4.93. The lowest BCUT2D eigenvalue weighted by Crippen LogP contribution is -2.32. The molecule has 3 aromatic rings. The molecular formula is C32H37N3O4. The van der Waals surface area contributed by atoms with Crippen LogP contribution in [0.25, 0.3) is 0 Å². The maximum absolute atomic E-state index is 12.2. The number of hydrogen-bond donors (Lipinski definition) is 1. The van der Waals surface area contributed by atoms with E-state index in [0.29, 0.717) is 43.9 Å². The van der Waals surface area contributed by atoms with Gasteiger partial charge in [-0.05, 0) is 74.6 Å². The normalized spacial score (nSPS) is 12.9. The lowest BCUT2D eigenvalue weighted by molar-refractivity contribution is 0.0502. The van der Waals surface area contributed by atoms with Gasteiger partial charge in [0.2, 0.25) is 0 Å². The molecule has 0 fully saturated rings. The van der Waals surface area contributed by atoms with Crippen molar-refractivity contribution in [2.24, 2.45) is 0 Å². The van der Waals surface area contributed by atoms with Gasteiger partial charge >= 0.3 is 5.97 Å². The smallest absolute Gasteiger partial charge is 0.338 e. The molecule has 39 heavy (non-hydrogen) atoms. The first-order valence-corrected chi connectivity index (χ1v) is 13.7. The number of fused-ring (bicyclic) bond motifs is 1. The summed E-state index contributed by atoms with van der Waals surface area (Å²) < 4.78 is 17.0. The SMILES string of the molecule is CCOc1ccccc1OCCN[C@H](C)Cc1cc(C#N)c2c(c1)CCN2CCCOC(=O)c1ccccc1. The third-order valence-corrected chi connectivity index (χ3v) is 6.69. The highest BCUT2D eigenvalue weighted by atomic mass is 16.5. The predicted octanol–water partition coefficient (Wildman–Crippen LogP) is 5.17. The molecule has 204 valence electrons. The molecular weight excluding hydrogens is 490 g/mol. The van der Waals surface area contributed by atoms with Crippen LogP contribution in [0.5, 0.6) is 11.5 Å². The van der Waals surface area contributed by atoms with Crippen molar-refractivity contribution in [3.63, 3.8) is 0 Å². The van der Waals surface area contributed by atoms with Crippen LogP contribution in [0.4, 0.5) is 5.69 Å². The highest BCUT2D eigenvalue weighted by Crippen LogP contribution is 2.33. The van der Waals surface area contributed by atoms with E-state index < -0.39 is 0 Å². The summed E-state index contributed by atoms with van der Waals surface area (Å²) in [6.07, 6.45) is 2.45. The molecule has 1 aliphatic heterocycles. The molecule has 0 bridgehead atoms. The van der Waals surface area contributed by atoms with Gasteiger partial charge in [0.25, 0.3) is 0 Å². The molecule has 0 aromatic heterocycles. The van der Waals surface area contributed by atoms with Crippen LogP contribution in [0.2, 0.25) is 0 Å². The minimum absolute atomic E-state index is 0.233. The number of rotatable bonds is 14. The summed E-state index contributed by atoms with van der Waals surface area (Å²) >= 11 is 0. The molecule has 0 spiro atoms. The molecule has 1 N–H and O–H groups in total. The summed E-state index contributed by atoms with van der Waals surface area (Å²) in [5.74, 6) is 1.21. The van der Waals surface area contributed by atoms with Crippen LogP contribution in [0, 0.1) is 11.3 Å². The first kappa shape index (κ1) is 28.0. The fraction of sp³-hybridized carbons (Fsp3) is 0.375. The molecule has 7 nitrogen and oxygen atoms in total. The predicted molar refractivity (Wildman–Crippen MR) is 153 cm³/mol. The van der Waals surface area contributed by atoms with Crippen molar-refractivity contribution in [3.05, 3.63) is 89.0 Å². The molecule has 0 aliphatic carbocycles. The minimum atomic E-state index is -0.301. The van der Waals surface area contributed by atoms with Gasteiger partial charge in [-0.2, -0.15) is 5.26 Å². The number of nitrogens with one attached hydrogen (secondary N) is 1. The molecule has 3 aromatic carbocycles. The van der Waals surface area contributed by atoms with E-state index in [1.165, 1.54) is 5.56 Å². The maximum Gasteiger partial charge on any atom is 0.338 e. The number of para-hydroxylation sites is 2. The van der Waals surface area contributed by atoms with Crippen LogP contribution >= 0.6 is 0 Å². The van der Waals surface area contributed by atoms with Crippen molar-refractivity contribution in [1.82, 2.24) is 5.32 Å². The first-order chi connectivity index (χ1) is 19.1. The average Bonchev–Trinajstić information content (AvgIpc) is 3.37. The maximum atomic E-state index is 12.2. The molecule has 1 atom stereocenters. The van der Waals surface area contributed by atoms with Gasteiger partial charge in [0, 0.05) is 25.7 Å². The Balaban J connectivity index is 1.24. The number of nitrogens with zero attached hydrogens (tertiary/aromatic N) is 2. The number of nitriles is 1. The number of carbonyl (C=O) groups excluding carboxylic acids is 1. The highest BCUT2D eigenvalue weighted by Gasteiger charge is 2.23. The van der Waals surface area contributed by atoms with Crippen molar-refractivity contribution < 1.29 is 19.0 Å². The van der Waals surface area contributed by atoms with Crippen LogP contribution in [0.15, 0.2) is 66.7 Å². The lowest BCUT2D eigenvalue weighted by Gasteiger charge is -2.21. The second-order valence-corrected chi connectivity index (χ2v) is 9.64. The van der Waals surface area contributed by atoms with Gasteiger partial charge in [-0.15, -0.1) is 0 Å². The van der Waals surface area contributed by atoms with Gasteiger partial charge in [-0.1, -0.05) is 36.4 Å². The summed E-state index contributed by atoms with van der Waals surface area (Å²) in [7, 11) is 0. The molecule has 0 saturated carbocycles. The standard InChI is InChI=1S/C32H37N3O4/c1-3-37-29-12-7-8-13-30(29)38-19-15-34-24(2)20-25-21-27-14-17-35(31(27)28(22-25)23-33)16-9-18-39-32(36)26-10-5-4-6-11-26/h4-8,10-13,21-22,24,34H,3,9,14-20H2,1-2H3/t24-/m1/s1. The lowest BCUT2D eigenvalue weighted by atomic mass is 9.99. The quantitative estimate of drug-likeness (QED) is 0.229.